The maximum atomic E-state index is 13.9. The Kier molecular flexibility index (Phi) is 7.72. The van der Waals surface area contributed by atoms with Crippen molar-refractivity contribution in [3.05, 3.63) is 78.0 Å². The van der Waals surface area contributed by atoms with Crippen LogP contribution in [0.25, 0.3) is 16.9 Å². The Morgan fingerprint density at radius 3 is 2.45 bits per heavy atom. The number of hydrogen-bond donors (Lipinski definition) is 1. The molecule has 9 nitrogen and oxygen atoms in total. The van der Waals surface area contributed by atoms with Crippen LogP contribution in [0.5, 0.6) is 0 Å². The van der Waals surface area contributed by atoms with Crippen LogP contribution >= 0.6 is 0 Å². The molecule has 0 aliphatic carbocycles. The molecule has 0 saturated carbocycles. The average Bonchev–Trinajstić information content (AvgIpc) is 3.38. The first-order valence-electron chi connectivity index (χ1n) is 11.7. The largest absolute Gasteiger partial charge is 0.418 e. The normalized spacial score (nSPS) is 11.6. The minimum atomic E-state index is -4.62. The van der Waals surface area contributed by atoms with Crippen molar-refractivity contribution in [1.82, 2.24) is 29.9 Å². The van der Waals surface area contributed by atoms with Crippen LogP contribution in [0.3, 0.4) is 0 Å². The van der Waals surface area contributed by atoms with E-state index in [-0.39, 0.29) is 11.3 Å². The molecule has 0 radical (unpaired) electrons. The van der Waals surface area contributed by atoms with E-state index in [4.69, 9.17) is 0 Å². The summed E-state index contributed by atoms with van der Waals surface area (Å²) in [4.78, 5) is 24.3. The molecule has 198 valence electrons. The predicted octanol–water partition coefficient (Wildman–Crippen LogP) is 4.30. The van der Waals surface area contributed by atoms with Crippen molar-refractivity contribution in [2.75, 3.05) is 44.4 Å². The van der Waals surface area contributed by atoms with Crippen LogP contribution in [-0.4, -0.2) is 70.0 Å². The minimum absolute atomic E-state index is 0.0133. The summed E-state index contributed by atoms with van der Waals surface area (Å²) in [6.45, 7) is 2.85. The van der Waals surface area contributed by atoms with Crippen LogP contribution in [0.2, 0.25) is 0 Å². The van der Waals surface area contributed by atoms with E-state index in [9.17, 15) is 18.0 Å². The third kappa shape index (κ3) is 6.14. The van der Waals surface area contributed by atoms with Gasteiger partial charge in [-0.25, -0.2) is 14.6 Å². The van der Waals surface area contributed by atoms with Crippen molar-refractivity contribution in [1.29, 1.82) is 0 Å². The summed E-state index contributed by atoms with van der Waals surface area (Å²) in [7, 11) is 5.30. The van der Waals surface area contributed by atoms with Crippen LogP contribution in [0, 0.1) is 6.92 Å². The van der Waals surface area contributed by atoms with E-state index in [1.807, 2.05) is 25.9 Å². The first-order valence-corrected chi connectivity index (χ1v) is 11.7. The quantitative estimate of drug-likeness (QED) is 0.367. The van der Waals surface area contributed by atoms with Gasteiger partial charge in [0.1, 0.15) is 12.0 Å². The van der Waals surface area contributed by atoms with E-state index in [0.29, 0.717) is 35.7 Å². The second-order valence-electron chi connectivity index (χ2n) is 9.09. The molecular weight excluding hydrogens is 497 g/mol. The molecule has 4 aromatic rings. The van der Waals surface area contributed by atoms with E-state index >= 15 is 0 Å². The number of anilines is 2. The number of carbonyl (C=O) groups excluding carboxylic acids is 1. The van der Waals surface area contributed by atoms with Gasteiger partial charge in [-0.1, -0.05) is 11.3 Å². The zero-order valence-electron chi connectivity index (χ0n) is 21.4. The van der Waals surface area contributed by atoms with Gasteiger partial charge in [-0.3, -0.25) is 4.79 Å². The Balaban J connectivity index is 1.57. The van der Waals surface area contributed by atoms with Crippen molar-refractivity contribution in [2.45, 2.75) is 13.1 Å². The SMILES string of the molecule is Cc1ccc(NC(=O)c2ccc(N(C)CCN(C)C)c(C(F)(F)F)c2)cc1-n1cc(-c2cncnc2)nn1. The molecule has 0 atom stereocenters. The minimum Gasteiger partial charge on any atom is -0.373 e. The number of alkyl halides is 3. The van der Waals surface area contributed by atoms with Gasteiger partial charge in [0.25, 0.3) is 5.91 Å². The Morgan fingerprint density at radius 1 is 1.03 bits per heavy atom. The summed E-state index contributed by atoms with van der Waals surface area (Å²) in [5.74, 6) is -0.659. The van der Waals surface area contributed by atoms with E-state index in [1.54, 1.807) is 48.5 Å². The van der Waals surface area contributed by atoms with Crippen LogP contribution in [0.15, 0.2) is 61.3 Å². The monoisotopic (exact) mass is 524 g/mol. The molecule has 2 aromatic carbocycles. The number of rotatable bonds is 8. The average molecular weight is 525 g/mol. The van der Waals surface area contributed by atoms with E-state index in [1.165, 1.54) is 23.4 Å². The Morgan fingerprint density at radius 2 is 1.76 bits per heavy atom. The van der Waals surface area contributed by atoms with Crippen molar-refractivity contribution >= 4 is 17.3 Å². The number of amides is 1. The van der Waals surface area contributed by atoms with Gasteiger partial charge >= 0.3 is 6.18 Å². The Labute approximate surface area is 217 Å². The predicted molar refractivity (Wildman–Crippen MR) is 138 cm³/mol. The van der Waals surface area contributed by atoms with Crippen molar-refractivity contribution in [3.63, 3.8) is 0 Å². The number of halogens is 3. The highest BCUT2D eigenvalue weighted by Crippen LogP contribution is 2.37. The van der Waals surface area contributed by atoms with Gasteiger partial charge in [0, 0.05) is 55.0 Å². The highest BCUT2D eigenvalue weighted by molar-refractivity contribution is 6.04. The molecule has 38 heavy (non-hydrogen) atoms. The molecule has 0 saturated heterocycles. The zero-order chi connectivity index (χ0) is 27.4. The van der Waals surface area contributed by atoms with Gasteiger partial charge in [-0.15, -0.1) is 5.10 Å². The van der Waals surface area contributed by atoms with Gasteiger partial charge < -0.3 is 15.1 Å². The van der Waals surface area contributed by atoms with Crippen LogP contribution in [-0.2, 0) is 6.18 Å². The lowest BCUT2D eigenvalue weighted by Gasteiger charge is -2.25. The van der Waals surface area contributed by atoms with Crippen LogP contribution in [0.1, 0.15) is 21.5 Å². The van der Waals surface area contributed by atoms with Gasteiger partial charge in [0.15, 0.2) is 0 Å². The Hall–Kier alpha value is -4.32. The summed E-state index contributed by atoms with van der Waals surface area (Å²) >= 11 is 0. The van der Waals surface area contributed by atoms with Gasteiger partial charge in [-0.2, -0.15) is 13.2 Å². The number of aryl methyl sites for hydroxylation is 1. The molecule has 1 amide bonds. The maximum absolute atomic E-state index is 13.9. The number of carbonyl (C=O) groups is 1. The fourth-order valence-electron chi connectivity index (χ4n) is 3.79. The molecule has 12 heteroatoms. The summed E-state index contributed by atoms with van der Waals surface area (Å²) < 4.78 is 43.2. The first-order chi connectivity index (χ1) is 18.0. The second kappa shape index (κ2) is 11.0. The summed E-state index contributed by atoms with van der Waals surface area (Å²) in [6, 6.07) is 8.75. The molecule has 2 aromatic heterocycles. The molecule has 0 fully saturated rings. The summed E-state index contributed by atoms with van der Waals surface area (Å²) in [5, 5.41) is 11.0. The van der Waals surface area contributed by atoms with Crippen LogP contribution in [0.4, 0.5) is 24.5 Å². The first kappa shape index (κ1) is 26.7. The van der Waals surface area contributed by atoms with Crippen molar-refractivity contribution in [2.24, 2.45) is 0 Å². The lowest BCUT2D eigenvalue weighted by Crippen LogP contribution is -2.30. The highest BCUT2D eigenvalue weighted by Gasteiger charge is 2.35. The number of nitrogens with zero attached hydrogens (tertiary/aromatic N) is 7. The number of aromatic nitrogens is 5. The number of hydrogen-bond acceptors (Lipinski definition) is 7. The topological polar surface area (TPSA) is 92.1 Å². The Bertz CT molecular complexity index is 1420. The standard InChI is InChI=1S/C26H27F3N8O/c1-17-5-7-20(12-24(17)37-15-22(33-34-37)19-13-30-16-31-14-19)32-25(38)18-6-8-23(21(11-18)26(27,28)29)36(4)10-9-35(2)3/h5-8,11-16H,9-10H2,1-4H3,(H,32,38). The molecule has 0 spiro atoms. The summed E-state index contributed by atoms with van der Waals surface area (Å²) in [6.07, 6.45) is 1.73. The third-order valence-corrected chi connectivity index (χ3v) is 5.92. The molecule has 4 rings (SSSR count). The lowest BCUT2D eigenvalue weighted by molar-refractivity contribution is -0.137. The van der Waals surface area contributed by atoms with E-state index < -0.39 is 17.6 Å². The molecule has 0 bridgehead atoms. The second-order valence-corrected chi connectivity index (χ2v) is 9.09. The van der Waals surface area contributed by atoms with E-state index in [0.717, 1.165) is 11.6 Å². The maximum Gasteiger partial charge on any atom is 0.418 e. The van der Waals surface area contributed by atoms with E-state index in [2.05, 4.69) is 25.6 Å². The molecular formula is C26H27F3N8O. The smallest absolute Gasteiger partial charge is 0.373 e. The number of benzene rings is 2. The fourth-order valence-corrected chi connectivity index (χ4v) is 3.79. The van der Waals surface area contributed by atoms with Crippen molar-refractivity contribution in [3.8, 4) is 16.9 Å². The van der Waals surface area contributed by atoms with Gasteiger partial charge in [-0.05, 0) is 56.9 Å². The van der Waals surface area contributed by atoms with Crippen molar-refractivity contribution < 1.29 is 18.0 Å². The molecule has 0 aliphatic rings. The molecule has 2 heterocycles. The van der Waals surface area contributed by atoms with Gasteiger partial charge in [0.2, 0.25) is 0 Å². The zero-order valence-corrected chi connectivity index (χ0v) is 21.4. The number of nitrogens with one attached hydrogen (secondary N) is 1. The van der Waals surface area contributed by atoms with Crippen LogP contribution < -0.4 is 10.2 Å². The highest BCUT2D eigenvalue weighted by atomic mass is 19.4. The molecule has 0 aliphatic heterocycles. The fraction of sp³-hybridized carbons (Fsp3) is 0.269. The molecule has 1 N–H and O–H groups in total. The number of likely N-dealkylation sites (N-methyl/N-ethyl adjacent to an activating group) is 2. The lowest BCUT2D eigenvalue weighted by atomic mass is 10.1. The third-order valence-electron chi connectivity index (χ3n) is 5.92. The molecule has 0 unspecified atom stereocenters. The van der Waals surface area contributed by atoms with Gasteiger partial charge in [0.05, 0.1) is 17.4 Å². The summed E-state index contributed by atoms with van der Waals surface area (Å²) in [5.41, 5.74) is 2.20.